The summed E-state index contributed by atoms with van der Waals surface area (Å²) in [7, 11) is 0. The van der Waals surface area contributed by atoms with Gasteiger partial charge in [0.2, 0.25) is 0 Å². The molecule has 0 heterocycles. The van der Waals surface area contributed by atoms with Crippen molar-refractivity contribution in [2.24, 2.45) is 5.41 Å². The maximum absolute atomic E-state index is 11.3. The van der Waals surface area contributed by atoms with Crippen molar-refractivity contribution in [3.63, 3.8) is 0 Å². The lowest BCUT2D eigenvalue weighted by Crippen LogP contribution is -2.17. The van der Waals surface area contributed by atoms with E-state index >= 15 is 0 Å². The molecule has 0 aliphatic heterocycles. The van der Waals surface area contributed by atoms with Gasteiger partial charge in [-0.1, -0.05) is 26.8 Å². The Morgan fingerprint density at radius 1 is 1.25 bits per heavy atom. The van der Waals surface area contributed by atoms with Crippen LogP contribution in [0.1, 0.15) is 33.6 Å². The van der Waals surface area contributed by atoms with E-state index in [2.05, 4.69) is 0 Å². The molecular formula is C10H16O2. The van der Waals surface area contributed by atoms with Crippen LogP contribution < -0.4 is 0 Å². The highest BCUT2D eigenvalue weighted by atomic mass is 16.1. The van der Waals surface area contributed by atoms with Gasteiger partial charge in [-0.15, -0.1) is 0 Å². The number of carbonyl (C=O) groups is 2. The predicted octanol–water partition coefficient (Wildman–Crippen LogP) is 2.14. The summed E-state index contributed by atoms with van der Waals surface area (Å²) in [5.41, 5.74) is -0.308. The fraction of sp³-hybridized carbons (Fsp3) is 0.600. The van der Waals surface area contributed by atoms with E-state index in [1.165, 1.54) is 0 Å². The van der Waals surface area contributed by atoms with E-state index in [0.29, 0.717) is 12.8 Å². The van der Waals surface area contributed by atoms with Crippen molar-refractivity contribution >= 4 is 12.1 Å². The Balaban J connectivity index is 3.84. The number of ketones is 1. The lowest BCUT2D eigenvalue weighted by molar-refractivity contribution is -0.121. The Hall–Kier alpha value is -0.920. The van der Waals surface area contributed by atoms with Gasteiger partial charge in [0.15, 0.2) is 5.78 Å². The molecule has 0 aromatic carbocycles. The van der Waals surface area contributed by atoms with Gasteiger partial charge in [-0.05, 0) is 12.5 Å². The normalized spacial score (nSPS) is 11.9. The molecule has 2 nitrogen and oxygen atoms in total. The standard InChI is InChI=1S/C10H16O2/c1-10(2,3)9(12)7-5-4-6-8-11/h5,7-8H,4,6H2,1-3H3. The molecule has 2 heteroatoms. The zero-order chi connectivity index (χ0) is 9.61. The molecular weight excluding hydrogens is 152 g/mol. The van der Waals surface area contributed by atoms with Gasteiger partial charge in [0.05, 0.1) is 0 Å². The van der Waals surface area contributed by atoms with Crippen LogP contribution in [-0.2, 0) is 9.59 Å². The predicted molar refractivity (Wildman–Crippen MR) is 48.9 cm³/mol. The molecule has 68 valence electrons. The van der Waals surface area contributed by atoms with E-state index in [1.807, 2.05) is 20.8 Å². The summed E-state index contributed by atoms with van der Waals surface area (Å²) < 4.78 is 0. The maximum atomic E-state index is 11.3. The zero-order valence-corrected chi connectivity index (χ0v) is 7.96. The quantitative estimate of drug-likeness (QED) is 0.366. The van der Waals surface area contributed by atoms with Crippen molar-refractivity contribution in [2.75, 3.05) is 0 Å². The molecule has 0 N–H and O–H groups in total. The molecule has 0 radical (unpaired) electrons. The van der Waals surface area contributed by atoms with Crippen LogP contribution in [0.2, 0.25) is 0 Å². The molecule has 0 spiro atoms. The zero-order valence-electron chi connectivity index (χ0n) is 7.96. The van der Waals surface area contributed by atoms with Crippen molar-refractivity contribution in [3.8, 4) is 0 Å². The van der Waals surface area contributed by atoms with E-state index in [1.54, 1.807) is 12.2 Å². The van der Waals surface area contributed by atoms with Crippen LogP contribution in [0.15, 0.2) is 12.2 Å². The number of aldehydes is 1. The van der Waals surface area contributed by atoms with Crippen molar-refractivity contribution < 1.29 is 9.59 Å². The second-order valence-corrected chi connectivity index (χ2v) is 3.76. The molecule has 0 unspecified atom stereocenters. The fourth-order valence-corrected chi connectivity index (χ4v) is 0.605. The first-order valence-corrected chi connectivity index (χ1v) is 4.13. The van der Waals surface area contributed by atoms with Gasteiger partial charge in [0, 0.05) is 11.8 Å². The minimum atomic E-state index is -0.308. The Morgan fingerprint density at radius 3 is 2.25 bits per heavy atom. The van der Waals surface area contributed by atoms with Crippen LogP contribution in [0.4, 0.5) is 0 Å². The van der Waals surface area contributed by atoms with Gasteiger partial charge in [0.25, 0.3) is 0 Å². The van der Waals surface area contributed by atoms with Crippen molar-refractivity contribution in [3.05, 3.63) is 12.2 Å². The lowest BCUT2D eigenvalue weighted by Gasteiger charge is -2.12. The van der Waals surface area contributed by atoms with Crippen molar-refractivity contribution in [1.29, 1.82) is 0 Å². The lowest BCUT2D eigenvalue weighted by atomic mass is 9.90. The highest BCUT2D eigenvalue weighted by Crippen LogP contribution is 2.14. The summed E-state index contributed by atoms with van der Waals surface area (Å²) in [5.74, 6) is 0.105. The average molecular weight is 168 g/mol. The minimum absolute atomic E-state index is 0.105. The third kappa shape index (κ3) is 4.83. The number of rotatable bonds is 4. The van der Waals surface area contributed by atoms with Gasteiger partial charge in [-0.25, -0.2) is 0 Å². The molecule has 0 atom stereocenters. The SMILES string of the molecule is CC(C)(C)C(=O)C=CCCC=O. The summed E-state index contributed by atoms with van der Waals surface area (Å²) in [6.07, 6.45) is 5.32. The van der Waals surface area contributed by atoms with Crippen molar-refractivity contribution in [2.45, 2.75) is 33.6 Å². The van der Waals surface area contributed by atoms with E-state index in [4.69, 9.17) is 0 Å². The van der Waals surface area contributed by atoms with Gasteiger partial charge in [-0.2, -0.15) is 0 Å². The largest absolute Gasteiger partial charge is 0.303 e. The number of unbranched alkanes of at least 4 members (excludes halogenated alkanes) is 1. The summed E-state index contributed by atoms with van der Waals surface area (Å²) in [5, 5.41) is 0. The van der Waals surface area contributed by atoms with Gasteiger partial charge in [-0.3, -0.25) is 4.79 Å². The molecule has 0 saturated carbocycles. The molecule has 0 aromatic rings. The number of carbonyl (C=O) groups excluding carboxylic acids is 2. The average Bonchev–Trinajstić information content (AvgIpc) is 1.96. The molecule has 0 bridgehead atoms. The summed E-state index contributed by atoms with van der Waals surface area (Å²) in [6.45, 7) is 5.62. The molecule has 0 aliphatic rings. The van der Waals surface area contributed by atoms with Crippen LogP contribution in [0, 0.1) is 5.41 Å². The highest BCUT2D eigenvalue weighted by Gasteiger charge is 2.17. The third-order valence-electron chi connectivity index (χ3n) is 1.46. The number of hydrogen-bond acceptors (Lipinski definition) is 2. The van der Waals surface area contributed by atoms with Crippen LogP contribution in [0.5, 0.6) is 0 Å². The van der Waals surface area contributed by atoms with E-state index in [0.717, 1.165) is 6.29 Å². The number of allylic oxidation sites excluding steroid dienone is 2. The van der Waals surface area contributed by atoms with E-state index in [9.17, 15) is 9.59 Å². The van der Waals surface area contributed by atoms with E-state index < -0.39 is 0 Å². The maximum Gasteiger partial charge on any atom is 0.160 e. The molecule has 0 saturated heterocycles. The topological polar surface area (TPSA) is 34.1 Å². The molecule has 0 aromatic heterocycles. The van der Waals surface area contributed by atoms with Gasteiger partial charge >= 0.3 is 0 Å². The third-order valence-corrected chi connectivity index (χ3v) is 1.46. The smallest absolute Gasteiger partial charge is 0.160 e. The molecule has 0 rings (SSSR count). The minimum Gasteiger partial charge on any atom is -0.303 e. The number of hydrogen-bond donors (Lipinski definition) is 0. The Morgan fingerprint density at radius 2 is 1.83 bits per heavy atom. The summed E-state index contributed by atoms with van der Waals surface area (Å²) >= 11 is 0. The van der Waals surface area contributed by atoms with E-state index in [-0.39, 0.29) is 11.2 Å². The highest BCUT2D eigenvalue weighted by molar-refractivity contribution is 5.93. The Kier molecular flexibility index (Phi) is 4.49. The first-order chi connectivity index (χ1) is 5.48. The summed E-state index contributed by atoms with van der Waals surface area (Å²) in [6, 6.07) is 0. The summed E-state index contributed by atoms with van der Waals surface area (Å²) in [4.78, 5) is 21.2. The monoisotopic (exact) mass is 168 g/mol. The van der Waals surface area contributed by atoms with Gasteiger partial charge < -0.3 is 4.79 Å². The van der Waals surface area contributed by atoms with Crippen LogP contribution >= 0.6 is 0 Å². The molecule has 0 aliphatic carbocycles. The molecule has 0 amide bonds. The molecule has 0 fully saturated rings. The van der Waals surface area contributed by atoms with Gasteiger partial charge in [0.1, 0.15) is 6.29 Å². The van der Waals surface area contributed by atoms with Crippen LogP contribution in [0.25, 0.3) is 0 Å². The first kappa shape index (κ1) is 11.1. The van der Waals surface area contributed by atoms with Crippen molar-refractivity contribution in [1.82, 2.24) is 0 Å². The fourth-order valence-electron chi connectivity index (χ4n) is 0.605. The first-order valence-electron chi connectivity index (χ1n) is 4.13. The van der Waals surface area contributed by atoms with Crippen LogP contribution in [-0.4, -0.2) is 12.1 Å². The molecule has 12 heavy (non-hydrogen) atoms. The second-order valence-electron chi connectivity index (χ2n) is 3.76. The Labute approximate surface area is 73.7 Å². The second kappa shape index (κ2) is 4.86. The Bertz CT molecular complexity index is 185. The van der Waals surface area contributed by atoms with Crippen LogP contribution in [0.3, 0.4) is 0 Å².